The highest BCUT2D eigenvalue weighted by atomic mass is 19.2. The van der Waals surface area contributed by atoms with E-state index in [1.54, 1.807) is 24.3 Å². The first-order valence-electron chi connectivity index (χ1n) is 6.28. The second-order valence-corrected chi connectivity index (χ2v) is 4.51. The monoisotopic (exact) mass is 286 g/mol. The zero-order valence-corrected chi connectivity index (χ0v) is 11.1. The molecule has 5 heteroatoms. The van der Waals surface area contributed by atoms with Crippen molar-refractivity contribution < 1.29 is 13.6 Å². The summed E-state index contributed by atoms with van der Waals surface area (Å²) < 4.78 is 25.8. The van der Waals surface area contributed by atoms with Crippen LogP contribution in [0.4, 0.5) is 8.78 Å². The number of hydrogen-bond donors (Lipinski definition) is 1. The van der Waals surface area contributed by atoms with Crippen LogP contribution < -0.4 is 5.32 Å². The number of nitrogens with one attached hydrogen (secondary N) is 1. The molecular formula is C16H12F2N2O. The highest BCUT2D eigenvalue weighted by molar-refractivity contribution is 5.78. The first-order chi connectivity index (χ1) is 10.1. The van der Waals surface area contributed by atoms with Crippen LogP contribution in [0, 0.1) is 23.0 Å². The lowest BCUT2D eigenvalue weighted by Crippen LogP contribution is -2.24. The molecule has 106 valence electrons. The maximum absolute atomic E-state index is 13.0. The molecule has 0 unspecified atom stereocenters. The van der Waals surface area contributed by atoms with Gasteiger partial charge in [-0.3, -0.25) is 4.79 Å². The Hall–Kier alpha value is -2.74. The maximum Gasteiger partial charge on any atom is 0.224 e. The van der Waals surface area contributed by atoms with E-state index in [2.05, 4.69) is 5.32 Å². The van der Waals surface area contributed by atoms with Gasteiger partial charge in [0.05, 0.1) is 18.1 Å². The van der Waals surface area contributed by atoms with E-state index in [4.69, 9.17) is 5.26 Å². The topological polar surface area (TPSA) is 52.9 Å². The predicted octanol–water partition coefficient (Wildman–Crippen LogP) is 2.70. The Morgan fingerprint density at radius 2 is 1.71 bits per heavy atom. The summed E-state index contributed by atoms with van der Waals surface area (Å²) >= 11 is 0. The molecular weight excluding hydrogens is 274 g/mol. The molecule has 2 rings (SSSR count). The van der Waals surface area contributed by atoms with Crippen LogP contribution in [0.1, 0.15) is 16.7 Å². The fraction of sp³-hybridized carbons (Fsp3) is 0.125. The van der Waals surface area contributed by atoms with Gasteiger partial charge in [-0.05, 0) is 35.4 Å². The molecule has 0 aliphatic rings. The number of amides is 1. The Morgan fingerprint density at radius 1 is 1.05 bits per heavy atom. The van der Waals surface area contributed by atoms with E-state index >= 15 is 0 Å². The van der Waals surface area contributed by atoms with Crippen LogP contribution in [-0.4, -0.2) is 5.91 Å². The molecule has 0 fully saturated rings. The summed E-state index contributed by atoms with van der Waals surface area (Å²) in [6.45, 7) is 0.131. The lowest BCUT2D eigenvalue weighted by atomic mass is 10.1. The highest BCUT2D eigenvalue weighted by Crippen LogP contribution is 2.09. The fourth-order valence-corrected chi connectivity index (χ4v) is 1.80. The molecule has 0 aliphatic carbocycles. The molecule has 0 aromatic heterocycles. The van der Waals surface area contributed by atoms with Gasteiger partial charge in [0.15, 0.2) is 11.6 Å². The number of nitriles is 1. The average Bonchev–Trinajstić information content (AvgIpc) is 2.49. The molecule has 0 saturated heterocycles. The number of carbonyl (C=O) groups is 1. The third-order valence-electron chi connectivity index (χ3n) is 2.92. The van der Waals surface area contributed by atoms with Crippen molar-refractivity contribution in [1.29, 1.82) is 5.26 Å². The van der Waals surface area contributed by atoms with Crippen molar-refractivity contribution >= 4 is 5.91 Å². The SMILES string of the molecule is N#Cc1ccc(CC(=O)NCc2ccc(F)c(F)c2)cc1. The van der Waals surface area contributed by atoms with Crippen molar-refractivity contribution in [1.82, 2.24) is 5.32 Å². The third kappa shape index (κ3) is 4.11. The van der Waals surface area contributed by atoms with Gasteiger partial charge in [0.2, 0.25) is 5.91 Å². The molecule has 0 atom stereocenters. The van der Waals surface area contributed by atoms with Crippen molar-refractivity contribution in [3.63, 3.8) is 0 Å². The van der Waals surface area contributed by atoms with Crippen LogP contribution in [0.25, 0.3) is 0 Å². The van der Waals surface area contributed by atoms with Crippen LogP contribution in [0.3, 0.4) is 0 Å². The lowest BCUT2D eigenvalue weighted by Gasteiger charge is -2.06. The van der Waals surface area contributed by atoms with Gasteiger partial charge in [0.25, 0.3) is 0 Å². The summed E-state index contributed by atoms with van der Waals surface area (Å²) in [6.07, 6.45) is 0.162. The largest absolute Gasteiger partial charge is 0.352 e. The standard InChI is InChI=1S/C16H12F2N2O/c17-14-6-5-13(7-15(14)18)10-20-16(21)8-11-1-3-12(9-19)4-2-11/h1-7H,8,10H2,(H,20,21). The third-order valence-corrected chi connectivity index (χ3v) is 2.92. The number of hydrogen-bond acceptors (Lipinski definition) is 2. The molecule has 0 aliphatic heterocycles. The molecule has 0 spiro atoms. The van der Waals surface area contributed by atoms with Crippen LogP contribution >= 0.6 is 0 Å². The van der Waals surface area contributed by atoms with Gasteiger partial charge in [-0.25, -0.2) is 8.78 Å². The summed E-state index contributed by atoms with van der Waals surface area (Å²) in [5, 5.41) is 11.3. The number of carbonyl (C=O) groups excluding carboxylic acids is 1. The number of nitrogens with zero attached hydrogens (tertiary/aromatic N) is 1. The quantitative estimate of drug-likeness (QED) is 0.939. The normalized spacial score (nSPS) is 9.95. The summed E-state index contributed by atoms with van der Waals surface area (Å²) in [7, 11) is 0. The van der Waals surface area contributed by atoms with Crippen LogP contribution in [0.15, 0.2) is 42.5 Å². The molecule has 0 saturated carbocycles. The summed E-state index contributed by atoms with van der Waals surface area (Å²) in [6, 6.07) is 12.2. The fourth-order valence-electron chi connectivity index (χ4n) is 1.80. The van der Waals surface area contributed by atoms with E-state index in [0.717, 1.165) is 17.7 Å². The van der Waals surface area contributed by atoms with Crippen molar-refractivity contribution in [3.8, 4) is 6.07 Å². The Morgan fingerprint density at radius 3 is 2.33 bits per heavy atom. The van der Waals surface area contributed by atoms with Gasteiger partial charge in [-0.1, -0.05) is 18.2 Å². The van der Waals surface area contributed by atoms with Crippen LogP contribution in [0.5, 0.6) is 0 Å². The molecule has 0 bridgehead atoms. The van der Waals surface area contributed by atoms with E-state index in [1.807, 2.05) is 6.07 Å². The van der Waals surface area contributed by atoms with Gasteiger partial charge in [0.1, 0.15) is 0 Å². The molecule has 1 amide bonds. The summed E-state index contributed by atoms with van der Waals surface area (Å²) in [4.78, 5) is 11.7. The second kappa shape index (κ2) is 6.62. The smallest absolute Gasteiger partial charge is 0.224 e. The zero-order chi connectivity index (χ0) is 15.2. The van der Waals surface area contributed by atoms with E-state index < -0.39 is 11.6 Å². The van der Waals surface area contributed by atoms with E-state index in [9.17, 15) is 13.6 Å². The number of halogens is 2. The molecule has 0 heterocycles. The number of benzene rings is 2. The molecule has 1 N–H and O–H groups in total. The van der Waals surface area contributed by atoms with Crippen molar-refractivity contribution in [2.75, 3.05) is 0 Å². The Labute approximate surface area is 120 Å². The van der Waals surface area contributed by atoms with Gasteiger partial charge in [-0.2, -0.15) is 5.26 Å². The minimum Gasteiger partial charge on any atom is -0.352 e. The highest BCUT2D eigenvalue weighted by Gasteiger charge is 2.06. The summed E-state index contributed by atoms with van der Waals surface area (Å²) in [5.74, 6) is -2.08. The first-order valence-corrected chi connectivity index (χ1v) is 6.28. The molecule has 3 nitrogen and oxygen atoms in total. The Kier molecular flexibility index (Phi) is 4.62. The molecule has 2 aromatic carbocycles. The number of rotatable bonds is 4. The minimum absolute atomic E-state index is 0.131. The minimum atomic E-state index is -0.936. The molecule has 0 radical (unpaired) electrons. The lowest BCUT2D eigenvalue weighted by molar-refractivity contribution is -0.120. The van der Waals surface area contributed by atoms with Gasteiger partial charge < -0.3 is 5.32 Å². The molecule has 21 heavy (non-hydrogen) atoms. The maximum atomic E-state index is 13.0. The van der Waals surface area contributed by atoms with E-state index in [0.29, 0.717) is 11.1 Å². The van der Waals surface area contributed by atoms with E-state index in [-0.39, 0.29) is 18.9 Å². The first kappa shape index (κ1) is 14.7. The average molecular weight is 286 g/mol. The predicted molar refractivity (Wildman–Crippen MR) is 73.1 cm³/mol. The molecule has 2 aromatic rings. The van der Waals surface area contributed by atoms with Crippen LogP contribution in [-0.2, 0) is 17.8 Å². The van der Waals surface area contributed by atoms with Gasteiger partial charge in [0, 0.05) is 6.54 Å². The van der Waals surface area contributed by atoms with Crippen molar-refractivity contribution in [2.24, 2.45) is 0 Å². The Bertz CT molecular complexity index is 690. The summed E-state index contributed by atoms with van der Waals surface area (Å²) in [5.41, 5.74) is 1.79. The van der Waals surface area contributed by atoms with Crippen LogP contribution in [0.2, 0.25) is 0 Å². The zero-order valence-electron chi connectivity index (χ0n) is 11.1. The second-order valence-electron chi connectivity index (χ2n) is 4.51. The van der Waals surface area contributed by atoms with Crippen molar-refractivity contribution in [3.05, 3.63) is 70.8 Å². The van der Waals surface area contributed by atoms with Crippen molar-refractivity contribution in [2.45, 2.75) is 13.0 Å². The van der Waals surface area contributed by atoms with E-state index in [1.165, 1.54) is 6.07 Å². The van der Waals surface area contributed by atoms with Gasteiger partial charge in [-0.15, -0.1) is 0 Å². The van der Waals surface area contributed by atoms with Gasteiger partial charge >= 0.3 is 0 Å². The Balaban J connectivity index is 1.89.